The second kappa shape index (κ2) is 7.34. The second-order valence-electron chi connectivity index (χ2n) is 6.44. The van der Waals surface area contributed by atoms with Crippen LogP contribution in [0.4, 0.5) is 0 Å². The number of methoxy groups -OCH3 is 2. The predicted molar refractivity (Wildman–Crippen MR) is 71.3 cm³/mol. The third-order valence-electron chi connectivity index (χ3n) is 3.01. The van der Waals surface area contributed by atoms with Crippen molar-refractivity contribution in [2.75, 3.05) is 40.6 Å². The number of hydrogen-bond acceptors (Lipinski definition) is 3. The van der Waals surface area contributed by atoms with Crippen molar-refractivity contribution in [3.63, 3.8) is 0 Å². The molecule has 104 valence electrons. The predicted octanol–water partition coefficient (Wildman–Crippen LogP) is 2.98. The summed E-state index contributed by atoms with van der Waals surface area (Å²) in [6.07, 6.45) is 0. The smallest absolute Gasteiger partial charge is 0.0569 e. The van der Waals surface area contributed by atoms with Gasteiger partial charge < -0.3 is 14.2 Å². The molecule has 0 aromatic rings. The van der Waals surface area contributed by atoms with Crippen LogP contribution in [0, 0.1) is 16.7 Å². The average molecular weight is 246 g/mol. The SMILES string of the molecule is COCC(COC)(COCC(C)(C)C)C(C)C. The van der Waals surface area contributed by atoms with E-state index in [0.29, 0.717) is 25.7 Å². The molecular weight excluding hydrogens is 216 g/mol. The fourth-order valence-electron chi connectivity index (χ4n) is 1.76. The van der Waals surface area contributed by atoms with Gasteiger partial charge in [-0.2, -0.15) is 0 Å². The van der Waals surface area contributed by atoms with Crippen LogP contribution in [0.3, 0.4) is 0 Å². The summed E-state index contributed by atoms with van der Waals surface area (Å²) in [4.78, 5) is 0. The van der Waals surface area contributed by atoms with Crippen molar-refractivity contribution in [3.05, 3.63) is 0 Å². The molecule has 0 saturated heterocycles. The van der Waals surface area contributed by atoms with Crippen molar-refractivity contribution in [2.24, 2.45) is 16.7 Å². The molecule has 17 heavy (non-hydrogen) atoms. The molecule has 3 nitrogen and oxygen atoms in total. The van der Waals surface area contributed by atoms with Crippen molar-refractivity contribution in [3.8, 4) is 0 Å². The van der Waals surface area contributed by atoms with Gasteiger partial charge in [0.05, 0.1) is 26.4 Å². The maximum atomic E-state index is 5.87. The lowest BCUT2D eigenvalue weighted by Gasteiger charge is -2.36. The Bertz CT molecular complexity index is 188. The van der Waals surface area contributed by atoms with Crippen molar-refractivity contribution < 1.29 is 14.2 Å². The highest BCUT2D eigenvalue weighted by atomic mass is 16.5. The number of ether oxygens (including phenoxy) is 3. The summed E-state index contributed by atoms with van der Waals surface area (Å²) in [6.45, 7) is 13.7. The first-order chi connectivity index (χ1) is 7.77. The van der Waals surface area contributed by atoms with E-state index in [9.17, 15) is 0 Å². The molecule has 3 heteroatoms. The van der Waals surface area contributed by atoms with Gasteiger partial charge in [0, 0.05) is 19.6 Å². The van der Waals surface area contributed by atoms with E-state index in [1.165, 1.54) is 0 Å². The van der Waals surface area contributed by atoms with E-state index in [2.05, 4.69) is 34.6 Å². The summed E-state index contributed by atoms with van der Waals surface area (Å²) in [6, 6.07) is 0. The fourth-order valence-corrected chi connectivity index (χ4v) is 1.76. The maximum Gasteiger partial charge on any atom is 0.0569 e. The summed E-state index contributed by atoms with van der Waals surface area (Å²) in [5, 5.41) is 0. The first-order valence-electron chi connectivity index (χ1n) is 6.33. The minimum atomic E-state index is -0.0469. The zero-order chi connectivity index (χ0) is 13.5. The Kier molecular flexibility index (Phi) is 7.29. The van der Waals surface area contributed by atoms with Crippen LogP contribution in [-0.2, 0) is 14.2 Å². The van der Waals surface area contributed by atoms with Crippen molar-refractivity contribution in [2.45, 2.75) is 34.6 Å². The van der Waals surface area contributed by atoms with Crippen LogP contribution in [0.5, 0.6) is 0 Å². The van der Waals surface area contributed by atoms with E-state index in [-0.39, 0.29) is 10.8 Å². The van der Waals surface area contributed by atoms with Gasteiger partial charge in [-0.25, -0.2) is 0 Å². The monoisotopic (exact) mass is 246 g/mol. The van der Waals surface area contributed by atoms with E-state index in [1.54, 1.807) is 14.2 Å². The Hall–Kier alpha value is -0.120. The highest BCUT2D eigenvalue weighted by Crippen LogP contribution is 2.29. The molecule has 0 fully saturated rings. The molecule has 0 rings (SSSR count). The van der Waals surface area contributed by atoms with E-state index in [1.807, 2.05) is 0 Å². The molecule has 0 heterocycles. The lowest BCUT2D eigenvalue weighted by atomic mass is 9.79. The summed E-state index contributed by atoms with van der Waals surface area (Å²) < 4.78 is 16.6. The van der Waals surface area contributed by atoms with Crippen LogP contribution in [0.25, 0.3) is 0 Å². The summed E-state index contributed by atoms with van der Waals surface area (Å²) >= 11 is 0. The summed E-state index contributed by atoms with van der Waals surface area (Å²) in [5.74, 6) is 0.461. The minimum absolute atomic E-state index is 0.0469. The molecule has 0 spiro atoms. The Morgan fingerprint density at radius 2 is 1.29 bits per heavy atom. The van der Waals surface area contributed by atoms with Gasteiger partial charge >= 0.3 is 0 Å². The van der Waals surface area contributed by atoms with E-state index in [4.69, 9.17) is 14.2 Å². The van der Waals surface area contributed by atoms with Gasteiger partial charge in [-0.05, 0) is 11.3 Å². The highest BCUT2D eigenvalue weighted by molar-refractivity contribution is 4.82. The Morgan fingerprint density at radius 3 is 1.59 bits per heavy atom. The lowest BCUT2D eigenvalue weighted by Crippen LogP contribution is -2.42. The van der Waals surface area contributed by atoms with Crippen molar-refractivity contribution in [1.82, 2.24) is 0 Å². The molecule has 0 amide bonds. The average Bonchev–Trinajstić information content (AvgIpc) is 2.15. The molecule has 0 aromatic carbocycles. The zero-order valence-electron chi connectivity index (χ0n) is 12.6. The van der Waals surface area contributed by atoms with Crippen LogP contribution < -0.4 is 0 Å². The number of hydrogen-bond donors (Lipinski definition) is 0. The molecule has 0 unspecified atom stereocenters. The third-order valence-corrected chi connectivity index (χ3v) is 3.01. The van der Waals surface area contributed by atoms with Crippen molar-refractivity contribution in [1.29, 1.82) is 0 Å². The Balaban J connectivity index is 4.45. The van der Waals surface area contributed by atoms with Gasteiger partial charge in [0.25, 0.3) is 0 Å². The van der Waals surface area contributed by atoms with E-state index >= 15 is 0 Å². The summed E-state index contributed by atoms with van der Waals surface area (Å²) in [7, 11) is 3.47. The molecule has 0 bridgehead atoms. The van der Waals surface area contributed by atoms with Gasteiger partial charge in [0.1, 0.15) is 0 Å². The molecule has 0 aliphatic heterocycles. The lowest BCUT2D eigenvalue weighted by molar-refractivity contribution is -0.0855. The Morgan fingerprint density at radius 1 is 0.824 bits per heavy atom. The quantitative estimate of drug-likeness (QED) is 0.659. The van der Waals surface area contributed by atoms with Gasteiger partial charge in [-0.15, -0.1) is 0 Å². The molecule has 0 saturated carbocycles. The zero-order valence-corrected chi connectivity index (χ0v) is 12.6. The largest absolute Gasteiger partial charge is 0.384 e. The van der Waals surface area contributed by atoms with Gasteiger partial charge in [0.2, 0.25) is 0 Å². The van der Waals surface area contributed by atoms with Crippen LogP contribution in [-0.4, -0.2) is 40.6 Å². The first-order valence-corrected chi connectivity index (χ1v) is 6.33. The number of rotatable bonds is 8. The van der Waals surface area contributed by atoms with Crippen LogP contribution >= 0.6 is 0 Å². The standard InChI is InChI=1S/C14H30O3/c1-12(2)14(9-15-6,10-16-7)11-17-8-13(3,4)5/h12H,8-11H2,1-7H3. The molecular formula is C14H30O3. The molecule has 0 aliphatic rings. The molecule has 0 N–H and O–H groups in total. The van der Waals surface area contributed by atoms with Crippen LogP contribution in [0.15, 0.2) is 0 Å². The maximum absolute atomic E-state index is 5.87. The van der Waals surface area contributed by atoms with E-state index < -0.39 is 0 Å². The highest BCUT2D eigenvalue weighted by Gasteiger charge is 2.35. The molecule has 0 atom stereocenters. The molecule has 0 aliphatic carbocycles. The van der Waals surface area contributed by atoms with Gasteiger partial charge in [0.15, 0.2) is 0 Å². The second-order valence-corrected chi connectivity index (χ2v) is 6.44. The van der Waals surface area contributed by atoms with Gasteiger partial charge in [-0.3, -0.25) is 0 Å². The molecule has 0 radical (unpaired) electrons. The summed E-state index contributed by atoms with van der Waals surface area (Å²) in [5.41, 5.74) is 0.150. The third kappa shape index (κ3) is 6.39. The van der Waals surface area contributed by atoms with Crippen LogP contribution in [0.1, 0.15) is 34.6 Å². The van der Waals surface area contributed by atoms with Gasteiger partial charge in [-0.1, -0.05) is 34.6 Å². The van der Waals surface area contributed by atoms with Crippen LogP contribution in [0.2, 0.25) is 0 Å². The normalized spacial score (nSPS) is 13.4. The van der Waals surface area contributed by atoms with Crippen molar-refractivity contribution >= 4 is 0 Å². The fraction of sp³-hybridized carbons (Fsp3) is 1.00. The topological polar surface area (TPSA) is 27.7 Å². The molecule has 0 aromatic heterocycles. The first kappa shape index (κ1) is 16.9. The Labute approximate surface area is 107 Å². The minimum Gasteiger partial charge on any atom is -0.384 e. The van der Waals surface area contributed by atoms with E-state index in [0.717, 1.165) is 6.61 Å².